The van der Waals surface area contributed by atoms with Crippen LogP contribution in [0.3, 0.4) is 0 Å². The summed E-state index contributed by atoms with van der Waals surface area (Å²) < 4.78 is 10.6. The topological polar surface area (TPSA) is 94.9 Å². The van der Waals surface area contributed by atoms with Crippen LogP contribution >= 0.6 is 0 Å². The van der Waals surface area contributed by atoms with Crippen molar-refractivity contribution in [3.63, 3.8) is 0 Å². The number of benzene rings is 2. The molecule has 1 aliphatic rings. The van der Waals surface area contributed by atoms with Gasteiger partial charge in [0.1, 0.15) is 11.6 Å². The second-order valence-electron chi connectivity index (χ2n) is 7.84. The maximum atomic E-state index is 12.5. The SMILES string of the molecule is CC(OC(=O)/C(C#N)=C/c1ccc(N(C)C)cc1)C(=O)Nc1ccc(N2CCOCC2)cc1. The Kier molecular flexibility index (Phi) is 8.06. The van der Waals surface area contributed by atoms with E-state index in [4.69, 9.17) is 9.47 Å². The highest BCUT2D eigenvalue weighted by atomic mass is 16.5. The minimum absolute atomic E-state index is 0.179. The standard InChI is InChI=1S/C25H28N4O4/c1-18(24(30)27-21-6-10-23(11-7-21)29-12-14-32-15-13-29)33-25(31)20(17-26)16-19-4-8-22(9-5-19)28(2)3/h4-11,16,18H,12-15H2,1-3H3,(H,27,30)/b20-16+. The van der Waals surface area contributed by atoms with Crippen molar-refractivity contribution in [3.8, 4) is 6.07 Å². The Morgan fingerprint density at radius 2 is 1.76 bits per heavy atom. The van der Waals surface area contributed by atoms with Crippen molar-refractivity contribution in [2.24, 2.45) is 0 Å². The van der Waals surface area contributed by atoms with Crippen molar-refractivity contribution in [2.45, 2.75) is 13.0 Å². The van der Waals surface area contributed by atoms with Crippen molar-refractivity contribution in [1.82, 2.24) is 0 Å². The van der Waals surface area contributed by atoms with E-state index in [1.807, 2.05) is 49.3 Å². The molecular formula is C25H28N4O4. The average molecular weight is 449 g/mol. The van der Waals surface area contributed by atoms with E-state index in [2.05, 4.69) is 10.2 Å². The Morgan fingerprint density at radius 1 is 1.12 bits per heavy atom. The van der Waals surface area contributed by atoms with Crippen LogP contribution in [0.1, 0.15) is 12.5 Å². The van der Waals surface area contributed by atoms with Gasteiger partial charge in [-0.25, -0.2) is 4.79 Å². The quantitative estimate of drug-likeness (QED) is 0.395. The van der Waals surface area contributed by atoms with E-state index >= 15 is 0 Å². The number of rotatable bonds is 7. The molecule has 172 valence electrons. The zero-order valence-corrected chi connectivity index (χ0v) is 19.1. The highest BCUT2D eigenvalue weighted by molar-refractivity contribution is 6.01. The molecule has 1 saturated heterocycles. The van der Waals surface area contributed by atoms with Gasteiger partial charge in [0.15, 0.2) is 6.10 Å². The first-order chi connectivity index (χ1) is 15.9. The van der Waals surface area contributed by atoms with Crippen molar-refractivity contribution in [1.29, 1.82) is 5.26 Å². The van der Waals surface area contributed by atoms with Gasteiger partial charge in [0.25, 0.3) is 5.91 Å². The minimum atomic E-state index is -1.07. The molecule has 1 atom stereocenters. The van der Waals surface area contributed by atoms with E-state index in [0.29, 0.717) is 24.5 Å². The lowest BCUT2D eigenvalue weighted by Gasteiger charge is -2.28. The fourth-order valence-electron chi connectivity index (χ4n) is 3.27. The van der Waals surface area contributed by atoms with Crippen LogP contribution in [0, 0.1) is 11.3 Å². The zero-order valence-electron chi connectivity index (χ0n) is 19.1. The van der Waals surface area contributed by atoms with Crippen molar-refractivity contribution in [2.75, 3.05) is 55.5 Å². The number of morpholine rings is 1. The van der Waals surface area contributed by atoms with Gasteiger partial charge in [-0.1, -0.05) is 12.1 Å². The normalized spacial score (nSPS) is 14.7. The Hall–Kier alpha value is -3.83. The van der Waals surface area contributed by atoms with Crippen LogP contribution in [-0.4, -0.2) is 58.4 Å². The number of hydrogen-bond donors (Lipinski definition) is 1. The molecule has 33 heavy (non-hydrogen) atoms. The summed E-state index contributed by atoms with van der Waals surface area (Å²) >= 11 is 0. The number of carbonyl (C=O) groups excluding carboxylic acids is 2. The van der Waals surface area contributed by atoms with Crippen molar-refractivity contribution >= 4 is 35.0 Å². The van der Waals surface area contributed by atoms with E-state index in [1.165, 1.54) is 13.0 Å². The van der Waals surface area contributed by atoms with Gasteiger partial charge in [0.2, 0.25) is 0 Å². The predicted molar refractivity (Wildman–Crippen MR) is 128 cm³/mol. The lowest BCUT2D eigenvalue weighted by molar-refractivity contribution is -0.148. The molecule has 1 fully saturated rings. The number of amides is 1. The molecule has 0 aromatic heterocycles. The average Bonchev–Trinajstić information content (AvgIpc) is 2.83. The van der Waals surface area contributed by atoms with E-state index in [9.17, 15) is 14.9 Å². The molecule has 8 nitrogen and oxygen atoms in total. The fraction of sp³-hybridized carbons (Fsp3) is 0.320. The molecule has 1 amide bonds. The lowest BCUT2D eigenvalue weighted by atomic mass is 10.1. The molecule has 1 heterocycles. The van der Waals surface area contributed by atoms with Crippen LogP contribution in [0.15, 0.2) is 54.1 Å². The van der Waals surface area contributed by atoms with Gasteiger partial charge < -0.3 is 24.6 Å². The van der Waals surface area contributed by atoms with E-state index in [0.717, 1.165) is 24.5 Å². The second-order valence-corrected chi connectivity index (χ2v) is 7.84. The number of esters is 1. The maximum absolute atomic E-state index is 12.5. The number of ether oxygens (including phenoxy) is 2. The summed E-state index contributed by atoms with van der Waals surface area (Å²) in [6.45, 7) is 4.51. The molecule has 8 heteroatoms. The van der Waals surface area contributed by atoms with Gasteiger partial charge in [-0.05, 0) is 55.0 Å². The molecule has 0 aliphatic carbocycles. The highest BCUT2D eigenvalue weighted by Crippen LogP contribution is 2.20. The Labute approximate surface area is 194 Å². The number of nitrogens with zero attached hydrogens (tertiary/aromatic N) is 3. The van der Waals surface area contributed by atoms with Crippen LogP contribution in [0.5, 0.6) is 0 Å². The van der Waals surface area contributed by atoms with Gasteiger partial charge in [0, 0.05) is 44.2 Å². The Morgan fingerprint density at radius 3 is 2.33 bits per heavy atom. The summed E-state index contributed by atoms with van der Waals surface area (Å²) in [7, 11) is 3.85. The van der Waals surface area contributed by atoms with Crippen LogP contribution in [-0.2, 0) is 19.1 Å². The molecule has 1 unspecified atom stereocenters. The summed E-state index contributed by atoms with van der Waals surface area (Å²) in [6, 6.07) is 16.7. The Balaban J connectivity index is 1.57. The third kappa shape index (κ3) is 6.57. The molecule has 3 rings (SSSR count). The number of nitrogens with one attached hydrogen (secondary N) is 1. The monoisotopic (exact) mass is 448 g/mol. The third-order valence-electron chi connectivity index (χ3n) is 5.22. The first-order valence-electron chi connectivity index (χ1n) is 10.7. The van der Waals surface area contributed by atoms with Crippen LogP contribution in [0.2, 0.25) is 0 Å². The van der Waals surface area contributed by atoms with E-state index < -0.39 is 18.0 Å². The predicted octanol–water partition coefficient (Wildman–Crippen LogP) is 3.07. The largest absolute Gasteiger partial charge is 0.448 e. The van der Waals surface area contributed by atoms with E-state index in [-0.39, 0.29) is 5.57 Å². The first kappa shape index (κ1) is 23.8. The van der Waals surface area contributed by atoms with Crippen LogP contribution < -0.4 is 15.1 Å². The van der Waals surface area contributed by atoms with Gasteiger partial charge in [-0.15, -0.1) is 0 Å². The number of anilines is 3. The Bertz CT molecular complexity index is 1030. The fourth-order valence-corrected chi connectivity index (χ4v) is 3.27. The van der Waals surface area contributed by atoms with Gasteiger partial charge in [-0.3, -0.25) is 4.79 Å². The summed E-state index contributed by atoms with van der Waals surface area (Å²) in [5, 5.41) is 12.1. The van der Waals surface area contributed by atoms with Crippen molar-refractivity contribution in [3.05, 3.63) is 59.7 Å². The zero-order chi connectivity index (χ0) is 23.8. The summed E-state index contributed by atoms with van der Waals surface area (Å²) in [4.78, 5) is 29.1. The van der Waals surface area contributed by atoms with Gasteiger partial charge in [-0.2, -0.15) is 5.26 Å². The third-order valence-corrected chi connectivity index (χ3v) is 5.22. The summed E-state index contributed by atoms with van der Waals surface area (Å²) in [6.07, 6.45) is 0.376. The maximum Gasteiger partial charge on any atom is 0.349 e. The molecule has 2 aromatic carbocycles. The van der Waals surface area contributed by atoms with E-state index in [1.54, 1.807) is 24.3 Å². The lowest BCUT2D eigenvalue weighted by Crippen LogP contribution is -2.36. The number of hydrogen-bond acceptors (Lipinski definition) is 7. The summed E-state index contributed by atoms with van der Waals surface area (Å²) in [5.41, 5.74) is 3.15. The smallest absolute Gasteiger partial charge is 0.349 e. The molecule has 2 aromatic rings. The minimum Gasteiger partial charge on any atom is -0.448 e. The number of carbonyl (C=O) groups is 2. The van der Waals surface area contributed by atoms with Crippen LogP contribution in [0.25, 0.3) is 6.08 Å². The second kappa shape index (κ2) is 11.2. The highest BCUT2D eigenvalue weighted by Gasteiger charge is 2.21. The van der Waals surface area contributed by atoms with Gasteiger partial charge in [0.05, 0.1) is 13.2 Å². The first-order valence-corrected chi connectivity index (χ1v) is 10.7. The van der Waals surface area contributed by atoms with Gasteiger partial charge >= 0.3 is 5.97 Å². The van der Waals surface area contributed by atoms with Crippen LogP contribution in [0.4, 0.5) is 17.1 Å². The van der Waals surface area contributed by atoms with Crippen molar-refractivity contribution < 1.29 is 19.1 Å². The molecule has 0 radical (unpaired) electrons. The molecule has 1 aliphatic heterocycles. The molecule has 0 spiro atoms. The molecule has 0 saturated carbocycles. The molecular weight excluding hydrogens is 420 g/mol. The molecule has 0 bridgehead atoms. The summed E-state index contributed by atoms with van der Waals surface area (Å²) in [5.74, 6) is -1.32. The number of nitriles is 1. The molecule has 1 N–H and O–H groups in total.